The molecule has 0 aliphatic rings. The number of carbonyl (C=O) groups excluding carboxylic acids is 1. The third-order valence-corrected chi connectivity index (χ3v) is 4.98. The van der Waals surface area contributed by atoms with E-state index in [1.54, 1.807) is 42.5 Å². The van der Waals surface area contributed by atoms with Crippen LogP contribution in [0.1, 0.15) is 41.9 Å². The van der Waals surface area contributed by atoms with Crippen molar-refractivity contribution in [3.63, 3.8) is 0 Å². The van der Waals surface area contributed by atoms with Gasteiger partial charge in [-0.15, -0.1) is 0 Å². The van der Waals surface area contributed by atoms with Gasteiger partial charge >= 0.3 is 5.69 Å². The second-order valence-electron chi connectivity index (χ2n) is 7.19. The van der Waals surface area contributed by atoms with Gasteiger partial charge in [0.1, 0.15) is 0 Å². The Morgan fingerprint density at radius 3 is 2.57 bits per heavy atom. The highest BCUT2D eigenvalue weighted by atomic mass is 35.5. The van der Waals surface area contributed by atoms with E-state index in [9.17, 15) is 14.4 Å². The van der Waals surface area contributed by atoms with Gasteiger partial charge in [-0.05, 0) is 55.7 Å². The molecule has 1 atom stereocenters. The van der Waals surface area contributed by atoms with Crippen molar-refractivity contribution in [1.82, 2.24) is 19.7 Å². The van der Waals surface area contributed by atoms with Crippen molar-refractivity contribution in [3.8, 4) is 5.69 Å². The van der Waals surface area contributed by atoms with Crippen LogP contribution in [-0.4, -0.2) is 26.3 Å². The van der Waals surface area contributed by atoms with Gasteiger partial charge in [0.15, 0.2) is 0 Å². The highest BCUT2D eigenvalue weighted by Gasteiger charge is 2.21. The van der Waals surface area contributed by atoms with Crippen LogP contribution in [0, 0.1) is 6.92 Å². The predicted octanol–water partition coefficient (Wildman–Crippen LogP) is 2.93. The minimum absolute atomic E-state index is 0.0316. The van der Waals surface area contributed by atoms with Crippen LogP contribution in [0.4, 0.5) is 0 Å². The Balaban J connectivity index is 2.20. The molecule has 1 aromatic heterocycles. The van der Waals surface area contributed by atoms with E-state index in [0.717, 1.165) is 14.8 Å². The van der Waals surface area contributed by atoms with Crippen molar-refractivity contribution < 1.29 is 4.79 Å². The summed E-state index contributed by atoms with van der Waals surface area (Å²) in [6, 6.07) is 13.9. The Kier molecular flexibility index (Phi) is 6.52. The zero-order valence-electron chi connectivity index (χ0n) is 17.1. The molecule has 0 bridgehead atoms. The Morgan fingerprint density at radius 2 is 1.90 bits per heavy atom. The third-order valence-electron chi connectivity index (χ3n) is 4.74. The van der Waals surface area contributed by atoms with Crippen LogP contribution in [0.15, 0.2) is 58.1 Å². The lowest BCUT2D eigenvalue weighted by atomic mass is 10.2. The molecular weight excluding hydrogens is 404 g/mol. The quantitative estimate of drug-likeness (QED) is 0.656. The monoisotopic (exact) mass is 426 g/mol. The molecule has 1 N–H and O–H groups in total. The maximum Gasteiger partial charge on any atom is 0.352 e. The first kappa shape index (κ1) is 21.5. The molecule has 7 nitrogen and oxygen atoms in total. The van der Waals surface area contributed by atoms with Gasteiger partial charge in [-0.3, -0.25) is 14.2 Å². The van der Waals surface area contributed by atoms with Gasteiger partial charge in [-0.1, -0.05) is 42.8 Å². The lowest BCUT2D eigenvalue weighted by Crippen LogP contribution is -2.47. The van der Waals surface area contributed by atoms with Crippen LogP contribution in [0.5, 0.6) is 0 Å². The summed E-state index contributed by atoms with van der Waals surface area (Å²) in [6.07, 6.45) is 0.694. The first-order valence-electron chi connectivity index (χ1n) is 9.66. The van der Waals surface area contributed by atoms with E-state index in [-0.39, 0.29) is 18.3 Å². The van der Waals surface area contributed by atoms with Crippen molar-refractivity contribution >= 4 is 17.5 Å². The average Bonchev–Trinajstić information content (AvgIpc) is 2.71. The lowest BCUT2D eigenvalue weighted by molar-refractivity contribution is 0.0929. The number of halogens is 1. The summed E-state index contributed by atoms with van der Waals surface area (Å²) in [5.41, 5.74) is 0.336. The van der Waals surface area contributed by atoms with E-state index >= 15 is 0 Å². The number of hydrogen-bond donors (Lipinski definition) is 1. The number of aryl methyl sites for hydroxylation is 1. The smallest absolute Gasteiger partial charge is 0.348 e. The van der Waals surface area contributed by atoms with E-state index in [4.69, 9.17) is 11.6 Å². The van der Waals surface area contributed by atoms with Crippen molar-refractivity contribution in [3.05, 3.63) is 91.2 Å². The molecule has 0 saturated carbocycles. The van der Waals surface area contributed by atoms with Crippen LogP contribution in [-0.2, 0) is 6.54 Å². The minimum Gasteiger partial charge on any atom is -0.348 e. The van der Waals surface area contributed by atoms with Gasteiger partial charge in [0, 0.05) is 11.1 Å². The lowest BCUT2D eigenvalue weighted by Gasteiger charge is -2.14. The summed E-state index contributed by atoms with van der Waals surface area (Å²) in [4.78, 5) is 38.9. The van der Waals surface area contributed by atoms with Gasteiger partial charge < -0.3 is 5.32 Å². The fraction of sp³-hybridized carbons (Fsp3) is 0.273. The third kappa shape index (κ3) is 4.68. The second kappa shape index (κ2) is 9.09. The predicted molar refractivity (Wildman–Crippen MR) is 117 cm³/mol. The Morgan fingerprint density at radius 1 is 1.17 bits per heavy atom. The molecule has 1 heterocycles. The molecule has 1 amide bonds. The topological polar surface area (TPSA) is 86.0 Å². The summed E-state index contributed by atoms with van der Waals surface area (Å²) in [5, 5.41) is 7.36. The number of carbonyl (C=O) groups is 1. The van der Waals surface area contributed by atoms with Gasteiger partial charge in [0.25, 0.3) is 11.5 Å². The molecule has 0 fully saturated rings. The molecule has 8 heteroatoms. The number of nitrogens with zero attached hydrogens (tertiary/aromatic N) is 3. The van der Waals surface area contributed by atoms with Crippen molar-refractivity contribution in [1.29, 1.82) is 0 Å². The molecule has 0 saturated heterocycles. The minimum atomic E-state index is -0.746. The molecular formula is C22H23ClN4O3. The van der Waals surface area contributed by atoms with Crippen molar-refractivity contribution in [2.45, 2.75) is 39.8 Å². The Hall–Kier alpha value is -3.19. The molecule has 0 aliphatic heterocycles. The molecule has 0 radical (unpaired) electrons. The normalized spacial score (nSPS) is 11.9. The molecule has 3 rings (SSSR count). The number of rotatable bonds is 6. The molecule has 156 valence electrons. The van der Waals surface area contributed by atoms with E-state index in [1.807, 2.05) is 26.8 Å². The fourth-order valence-corrected chi connectivity index (χ4v) is 3.15. The number of benzene rings is 2. The first-order valence-corrected chi connectivity index (χ1v) is 10.0. The largest absolute Gasteiger partial charge is 0.352 e. The standard InChI is InChI=1S/C22H23ClN4O3/c1-4-15(3)24-20(28)19-21(29)26(13-16-8-6-9-17(23)12-16)22(30)27(25-19)18-10-5-7-14(2)11-18/h5-12,15H,4,13H2,1-3H3,(H,24,28). The van der Waals surface area contributed by atoms with Gasteiger partial charge in [-0.2, -0.15) is 9.78 Å². The molecule has 3 aromatic rings. The number of hydrogen-bond acceptors (Lipinski definition) is 4. The number of aromatic nitrogens is 3. The zero-order valence-corrected chi connectivity index (χ0v) is 17.8. The second-order valence-corrected chi connectivity index (χ2v) is 7.62. The van der Waals surface area contributed by atoms with Crippen LogP contribution < -0.4 is 16.6 Å². The maximum absolute atomic E-state index is 13.1. The van der Waals surface area contributed by atoms with E-state index in [1.165, 1.54) is 0 Å². The summed E-state index contributed by atoms with van der Waals surface area (Å²) >= 11 is 6.04. The summed E-state index contributed by atoms with van der Waals surface area (Å²) < 4.78 is 2.09. The summed E-state index contributed by atoms with van der Waals surface area (Å²) in [5.74, 6) is -0.615. The Bertz CT molecular complexity index is 1200. The zero-order chi connectivity index (χ0) is 21.8. The fourth-order valence-electron chi connectivity index (χ4n) is 2.94. The highest BCUT2D eigenvalue weighted by Crippen LogP contribution is 2.11. The van der Waals surface area contributed by atoms with Crippen LogP contribution in [0.25, 0.3) is 5.69 Å². The molecule has 2 aromatic carbocycles. The van der Waals surface area contributed by atoms with Crippen LogP contribution in [0.3, 0.4) is 0 Å². The van der Waals surface area contributed by atoms with Gasteiger partial charge in [0.05, 0.1) is 12.2 Å². The van der Waals surface area contributed by atoms with Crippen molar-refractivity contribution in [2.24, 2.45) is 0 Å². The SMILES string of the molecule is CCC(C)NC(=O)c1nn(-c2cccc(C)c2)c(=O)n(Cc2cccc(Cl)c2)c1=O. The summed E-state index contributed by atoms with van der Waals surface area (Å²) in [7, 11) is 0. The van der Waals surface area contributed by atoms with E-state index in [2.05, 4.69) is 10.4 Å². The number of nitrogens with one attached hydrogen (secondary N) is 1. The summed E-state index contributed by atoms with van der Waals surface area (Å²) in [6.45, 7) is 5.60. The molecule has 30 heavy (non-hydrogen) atoms. The highest BCUT2D eigenvalue weighted by molar-refractivity contribution is 6.30. The van der Waals surface area contributed by atoms with Crippen LogP contribution >= 0.6 is 11.6 Å². The van der Waals surface area contributed by atoms with Crippen LogP contribution in [0.2, 0.25) is 5.02 Å². The van der Waals surface area contributed by atoms with Crippen molar-refractivity contribution in [2.75, 3.05) is 0 Å². The van der Waals surface area contributed by atoms with E-state index in [0.29, 0.717) is 22.7 Å². The first-order chi connectivity index (χ1) is 14.3. The average molecular weight is 427 g/mol. The van der Waals surface area contributed by atoms with E-state index < -0.39 is 17.2 Å². The maximum atomic E-state index is 13.1. The molecule has 1 unspecified atom stereocenters. The molecule has 0 aliphatic carbocycles. The Labute approximate surface area is 178 Å². The molecule has 0 spiro atoms. The van der Waals surface area contributed by atoms with Gasteiger partial charge in [-0.25, -0.2) is 4.79 Å². The number of amides is 1. The van der Waals surface area contributed by atoms with Gasteiger partial charge in [0.2, 0.25) is 5.69 Å².